The van der Waals surface area contributed by atoms with Crippen LogP contribution in [-0.2, 0) is 0 Å². The Balaban J connectivity index is 1.54. The number of nitrogens with zero attached hydrogens (tertiary/aromatic N) is 5. The lowest BCUT2D eigenvalue weighted by molar-refractivity contribution is -0.383. The van der Waals surface area contributed by atoms with Gasteiger partial charge in [0.15, 0.2) is 0 Å². The second-order valence-corrected chi connectivity index (χ2v) is 7.65. The van der Waals surface area contributed by atoms with Gasteiger partial charge in [-0.05, 0) is 48.5 Å². The van der Waals surface area contributed by atoms with Gasteiger partial charge < -0.3 is 15.1 Å². The number of aromatic nitrogens is 2. The molecular weight excluding hydrogens is 455 g/mol. The van der Waals surface area contributed by atoms with Gasteiger partial charge >= 0.3 is 5.69 Å². The Morgan fingerprint density at radius 2 is 1.60 bits per heavy atom. The summed E-state index contributed by atoms with van der Waals surface area (Å²) in [5.74, 6) is 0.154. The Morgan fingerprint density at radius 1 is 0.967 bits per heavy atom. The van der Waals surface area contributed by atoms with Crippen molar-refractivity contribution < 1.29 is 9.31 Å². The Bertz CT molecular complexity index is 1040. The van der Waals surface area contributed by atoms with Crippen LogP contribution >= 0.6 is 15.9 Å². The van der Waals surface area contributed by atoms with Gasteiger partial charge in [-0.2, -0.15) is 0 Å². The number of anilines is 4. The summed E-state index contributed by atoms with van der Waals surface area (Å²) in [5, 5.41) is 14.9. The highest BCUT2D eigenvalue weighted by Crippen LogP contribution is 2.34. The fourth-order valence-corrected chi connectivity index (χ4v) is 3.62. The molecule has 1 aliphatic rings. The maximum absolute atomic E-state index is 13.2. The van der Waals surface area contributed by atoms with E-state index in [1.165, 1.54) is 18.5 Å². The Kier molecular flexibility index (Phi) is 5.75. The van der Waals surface area contributed by atoms with Gasteiger partial charge in [-0.25, -0.2) is 14.4 Å². The zero-order valence-electron chi connectivity index (χ0n) is 15.8. The van der Waals surface area contributed by atoms with E-state index in [1.54, 1.807) is 24.3 Å². The van der Waals surface area contributed by atoms with Crippen LogP contribution in [0.3, 0.4) is 0 Å². The van der Waals surface area contributed by atoms with E-state index < -0.39 is 4.92 Å². The molecule has 0 unspecified atom stereocenters. The van der Waals surface area contributed by atoms with Crippen LogP contribution in [0.5, 0.6) is 0 Å². The number of hydrogen-bond acceptors (Lipinski definition) is 7. The third kappa shape index (κ3) is 4.33. The molecule has 0 bridgehead atoms. The molecule has 0 amide bonds. The summed E-state index contributed by atoms with van der Waals surface area (Å²) in [6, 6.07) is 13.6. The predicted octanol–water partition coefficient (Wildman–Crippen LogP) is 4.36. The SMILES string of the molecule is O=[N+]([O-])c1c(Nc2ccc(Br)cc2)ncnc1N1CCN(c2ccc(F)cc2)CC1. The predicted molar refractivity (Wildman–Crippen MR) is 117 cm³/mol. The molecule has 1 N–H and O–H groups in total. The quantitative estimate of drug-likeness (QED) is 0.435. The van der Waals surface area contributed by atoms with Gasteiger partial charge in [-0.1, -0.05) is 15.9 Å². The molecule has 2 aromatic carbocycles. The first kappa shape index (κ1) is 20.0. The molecule has 8 nitrogen and oxygen atoms in total. The van der Waals surface area contributed by atoms with Gasteiger partial charge in [0.2, 0.25) is 11.6 Å². The second kappa shape index (κ2) is 8.62. The van der Waals surface area contributed by atoms with E-state index in [2.05, 4.69) is 36.1 Å². The normalized spacial score (nSPS) is 13.9. The molecule has 1 saturated heterocycles. The fraction of sp³-hybridized carbons (Fsp3) is 0.200. The number of piperazine rings is 1. The van der Waals surface area contributed by atoms with Crippen molar-refractivity contribution in [1.29, 1.82) is 0 Å². The summed E-state index contributed by atoms with van der Waals surface area (Å²) in [5.41, 5.74) is 1.45. The molecule has 1 fully saturated rings. The van der Waals surface area contributed by atoms with Gasteiger partial charge in [0.05, 0.1) is 4.92 Å². The van der Waals surface area contributed by atoms with Crippen LogP contribution in [0.4, 0.5) is 33.1 Å². The molecule has 154 valence electrons. The number of halogens is 2. The van der Waals surface area contributed by atoms with Crippen molar-refractivity contribution in [2.24, 2.45) is 0 Å². The van der Waals surface area contributed by atoms with Crippen molar-refractivity contribution >= 4 is 44.6 Å². The zero-order chi connectivity index (χ0) is 21.1. The molecule has 0 saturated carbocycles. The third-order valence-corrected chi connectivity index (χ3v) is 5.39. The maximum Gasteiger partial charge on any atom is 0.353 e. The zero-order valence-corrected chi connectivity index (χ0v) is 17.4. The summed E-state index contributed by atoms with van der Waals surface area (Å²) in [7, 11) is 0. The van der Waals surface area contributed by atoms with Gasteiger partial charge in [0.25, 0.3) is 0 Å². The van der Waals surface area contributed by atoms with E-state index in [9.17, 15) is 14.5 Å². The summed E-state index contributed by atoms with van der Waals surface area (Å²) < 4.78 is 14.1. The average Bonchev–Trinajstić information content (AvgIpc) is 2.76. The number of nitro groups is 1. The molecule has 2 heterocycles. The molecule has 1 aromatic heterocycles. The van der Waals surface area contributed by atoms with Crippen molar-refractivity contribution in [3.63, 3.8) is 0 Å². The highest BCUT2D eigenvalue weighted by atomic mass is 79.9. The Labute approximate surface area is 180 Å². The van der Waals surface area contributed by atoms with E-state index >= 15 is 0 Å². The number of nitrogens with one attached hydrogen (secondary N) is 1. The van der Waals surface area contributed by atoms with Gasteiger partial charge in [0.1, 0.15) is 12.1 Å². The molecular formula is C20H18BrFN6O2. The molecule has 0 atom stereocenters. The van der Waals surface area contributed by atoms with Crippen molar-refractivity contribution in [2.45, 2.75) is 0 Å². The fourth-order valence-electron chi connectivity index (χ4n) is 3.36. The third-order valence-electron chi connectivity index (χ3n) is 4.86. The molecule has 30 heavy (non-hydrogen) atoms. The van der Waals surface area contributed by atoms with Crippen LogP contribution in [0, 0.1) is 15.9 Å². The van der Waals surface area contributed by atoms with E-state index in [0.29, 0.717) is 31.9 Å². The lowest BCUT2D eigenvalue weighted by Gasteiger charge is -2.36. The monoisotopic (exact) mass is 472 g/mol. The molecule has 0 aliphatic carbocycles. The van der Waals surface area contributed by atoms with Crippen molar-refractivity contribution in [3.05, 3.63) is 75.3 Å². The highest BCUT2D eigenvalue weighted by molar-refractivity contribution is 9.10. The van der Waals surface area contributed by atoms with Crippen molar-refractivity contribution in [2.75, 3.05) is 41.3 Å². The Hall–Kier alpha value is -3.27. The minimum atomic E-state index is -0.455. The lowest BCUT2D eigenvalue weighted by atomic mass is 10.2. The lowest BCUT2D eigenvalue weighted by Crippen LogP contribution is -2.47. The smallest absolute Gasteiger partial charge is 0.353 e. The summed E-state index contributed by atoms with van der Waals surface area (Å²) in [6.45, 7) is 2.38. The number of rotatable bonds is 5. The Morgan fingerprint density at radius 3 is 2.23 bits per heavy atom. The summed E-state index contributed by atoms with van der Waals surface area (Å²) in [6.07, 6.45) is 1.33. The molecule has 0 spiro atoms. The molecule has 10 heteroatoms. The van der Waals surface area contributed by atoms with Crippen molar-refractivity contribution in [3.8, 4) is 0 Å². The molecule has 0 radical (unpaired) electrons. The van der Waals surface area contributed by atoms with Crippen LogP contribution < -0.4 is 15.1 Å². The van der Waals surface area contributed by atoms with E-state index in [0.717, 1.165) is 10.2 Å². The van der Waals surface area contributed by atoms with Crippen LogP contribution in [0.1, 0.15) is 0 Å². The van der Waals surface area contributed by atoms with E-state index in [4.69, 9.17) is 0 Å². The first-order chi connectivity index (χ1) is 14.5. The number of benzene rings is 2. The summed E-state index contributed by atoms with van der Waals surface area (Å²) >= 11 is 3.37. The van der Waals surface area contributed by atoms with Crippen LogP contribution in [0.25, 0.3) is 0 Å². The topological polar surface area (TPSA) is 87.4 Å². The standard InChI is InChI=1S/C20H18BrFN6O2/c21-14-1-5-16(6-2-14)25-19-18(28(29)30)20(24-13-23-19)27-11-9-26(10-12-27)17-7-3-15(22)4-8-17/h1-8,13H,9-12H2,(H,23,24,25). The minimum absolute atomic E-state index is 0.147. The molecule has 3 aromatic rings. The van der Waals surface area contributed by atoms with Gasteiger partial charge in [-0.15, -0.1) is 0 Å². The first-order valence-corrected chi connectivity index (χ1v) is 10.1. The van der Waals surface area contributed by atoms with Crippen LogP contribution in [0.15, 0.2) is 59.3 Å². The van der Waals surface area contributed by atoms with Gasteiger partial charge in [-0.3, -0.25) is 10.1 Å². The van der Waals surface area contributed by atoms with E-state index in [1.807, 2.05) is 17.0 Å². The van der Waals surface area contributed by atoms with Crippen molar-refractivity contribution in [1.82, 2.24) is 9.97 Å². The van der Waals surface area contributed by atoms with Crippen LogP contribution in [0.2, 0.25) is 0 Å². The maximum atomic E-state index is 13.2. The van der Waals surface area contributed by atoms with Crippen LogP contribution in [-0.4, -0.2) is 41.1 Å². The second-order valence-electron chi connectivity index (χ2n) is 6.73. The first-order valence-electron chi connectivity index (χ1n) is 9.29. The molecule has 1 aliphatic heterocycles. The minimum Gasteiger partial charge on any atom is -0.368 e. The van der Waals surface area contributed by atoms with Gasteiger partial charge in [0, 0.05) is 42.0 Å². The average molecular weight is 473 g/mol. The number of hydrogen-bond donors (Lipinski definition) is 1. The van der Waals surface area contributed by atoms with E-state index in [-0.39, 0.29) is 23.1 Å². The largest absolute Gasteiger partial charge is 0.368 e. The highest BCUT2D eigenvalue weighted by Gasteiger charge is 2.29. The summed E-state index contributed by atoms with van der Waals surface area (Å²) in [4.78, 5) is 23.7. The molecule has 4 rings (SSSR count).